The number of thiazole rings is 1. The van der Waals surface area contributed by atoms with Crippen molar-refractivity contribution in [1.82, 2.24) is 25.3 Å². The highest BCUT2D eigenvalue weighted by Crippen LogP contribution is 2.27. The lowest BCUT2D eigenvalue weighted by atomic mass is 10.0. The fourth-order valence-corrected chi connectivity index (χ4v) is 4.31. The second-order valence-corrected chi connectivity index (χ2v) is 8.93. The molecule has 6 nitrogen and oxygen atoms in total. The smallest absolute Gasteiger partial charge is 0.270 e. The normalized spacial score (nSPS) is 12.8. The van der Waals surface area contributed by atoms with Crippen molar-refractivity contribution < 1.29 is 13.6 Å². The van der Waals surface area contributed by atoms with Gasteiger partial charge in [0.2, 0.25) is 0 Å². The Kier molecular flexibility index (Phi) is 6.27. The Hall–Kier alpha value is -3.20. The fourth-order valence-electron chi connectivity index (χ4n) is 3.35. The number of imidazole rings is 1. The predicted octanol–water partition coefficient (Wildman–Crippen LogP) is 5.19. The first-order chi connectivity index (χ1) is 15.3. The van der Waals surface area contributed by atoms with E-state index in [1.54, 1.807) is 48.3 Å². The lowest BCUT2D eigenvalue weighted by Gasteiger charge is -2.11. The predicted molar refractivity (Wildman–Crippen MR) is 120 cm³/mol. The quantitative estimate of drug-likeness (QED) is 0.383. The summed E-state index contributed by atoms with van der Waals surface area (Å²) in [6, 6.07) is 7.94. The van der Waals surface area contributed by atoms with Gasteiger partial charge in [-0.3, -0.25) is 4.79 Å². The molecule has 0 spiro atoms. The molecule has 1 amide bonds. The molecule has 9 heteroatoms. The van der Waals surface area contributed by atoms with Gasteiger partial charge in [0.05, 0.1) is 34.6 Å². The van der Waals surface area contributed by atoms with Gasteiger partial charge in [0.25, 0.3) is 11.8 Å². The largest absolute Gasteiger partial charge is 0.343 e. The molecule has 0 aliphatic carbocycles. The highest BCUT2D eigenvalue weighted by Gasteiger charge is 2.23. The minimum Gasteiger partial charge on any atom is -0.343 e. The molecule has 0 radical (unpaired) electrons. The number of halogens is 2. The van der Waals surface area contributed by atoms with E-state index in [4.69, 9.17) is 0 Å². The van der Waals surface area contributed by atoms with Crippen molar-refractivity contribution in [1.29, 1.82) is 0 Å². The van der Waals surface area contributed by atoms with E-state index in [0.717, 1.165) is 47.2 Å². The average Bonchev–Trinajstić information content (AvgIpc) is 3.42. The molecule has 3 heterocycles. The highest BCUT2D eigenvalue weighted by atomic mass is 32.1. The lowest BCUT2D eigenvalue weighted by Crippen LogP contribution is -2.26. The van der Waals surface area contributed by atoms with Gasteiger partial charge in [0, 0.05) is 23.6 Å². The number of benzene rings is 1. The van der Waals surface area contributed by atoms with Gasteiger partial charge in [-0.25, -0.2) is 23.7 Å². The number of carbonyl (C=O) groups excluding carboxylic acids is 1. The van der Waals surface area contributed by atoms with E-state index in [0.29, 0.717) is 11.2 Å². The molecule has 0 unspecified atom stereocenters. The summed E-state index contributed by atoms with van der Waals surface area (Å²) in [5.74, 6) is -3.08. The summed E-state index contributed by atoms with van der Waals surface area (Å²) >= 11 is 1.56. The zero-order valence-electron chi connectivity index (χ0n) is 17.7. The number of aromatic nitrogens is 4. The first-order valence-corrected chi connectivity index (χ1v) is 11.1. The molecule has 32 heavy (non-hydrogen) atoms. The zero-order valence-corrected chi connectivity index (χ0v) is 18.5. The maximum Gasteiger partial charge on any atom is 0.270 e. The standard InChI is InChI=1S/C23H23F2N5OS/c1-14(30-22(31)18-10-17-19(11-26-18)29-13-28-17)20-12-27-21(32-20)5-3-4-15-6-8-16(9-7-15)23(2,24)25/h6-14H,3-5H2,1-2H3,(H,28,29)(H,30,31)/t14-/m1/s1. The molecule has 4 aromatic rings. The van der Waals surface area contributed by atoms with Crippen molar-refractivity contribution in [3.05, 3.63) is 75.8 Å². The third kappa shape index (κ3) is 5.16. The van der Waals surface area contributed by atoms with Crippen molar-refractivity contribution in [2.75, 3.05) is 0 Å². The molecular weight excluding hydrogens is 432 g/mol. The van der Waals surface area contributed by atoms with Crippen LogP contribution in [-0.4, -0.2) is 25.8 Å². The zero-order chi connectivity index (χ0) is 22.7. The first kappa shape index (κ1) is 22.0. The molecule has 0 fully saturated rings. The molecule has 1 aromatic carbocycles. The maximum absolute atomic E-state index is 13.3. The van der Waals surface area contributed by atoms with Crippen LogP contribution in [0.2, 0.25) is 0 Å². The lowest BCUT2D eigenvalue weighted by molar-refractivity contribution is 0.0174. The van der Waals surface area contributed by atoms with Crippen molar-refractivity contribution in [2.45, 2.75) is 45.1 Å². The number of alkyl halides is 2. The van der Waals surface area contributed by atoms with Crippen LogP contribution in [0, 0.1) is 0 Å². The molecule has 166 valence electrons. The number of hydrogen-bond donors (Lipinski definition) is 2. The molecule has 0 saturated heterocycles. The van der Waals surface area contributed by atoms with Crippen LogP contribution in [-0.2, 0) is 18.8 Å². The molecule has 0 aliphatic rings. The Morgan fingerprint density at radius 1 is 1.16 bits per heavy atom. The van der Waals surface area contributed by atoms with Gasteiger partial charge in [-0.1, -0.05) is 24.3 Å². The van der Waals surface area contributed by atoms with E-state index in [9.17, 15) is 13.6 Å². The summed E-state index contributed by atoms with van der Waals surface area (Å²) in [6.07, 6.45) is 7.38. The van der Waals surface area contributed by atoms with Crippen LogP contribution in [0.3, 0.4) is 0 Å². The van der Waals surface area contributed by atoms with E-state index in [1.807, 2.05) is 6.92 Å². The summed E-state index contributed by atoms with van der Waals surface area (Å²) in [7, 11) is 0. The van der Waals surface area contributed by atoms with Crippen LogP contribution in [0.25, 0.3) is 11.0 Å². The molecule has 2 N–H and O–H groups in total. The van der Waals surface area contributed by atoms with E-state index in [1.165, 1.54) is 12.1 Å². The number of nitrogens with zero attached hydrogens (tertiary/aromatic N) is 3. The van der Waals surface area contributed by atoms with Crippen molar-refractivity contribution in [2.24, 2.45) is 0 Å². The number of aromatic amines is 1. The number of carbonyl (C=O) groups is 1. The summed E-state index contributed by atoms with van der Waals surface area (Å²) in [5, 5.41) is 3.93. The number of fused-ring (bicyclic) bond motifs is 1. The first-order valence-electron chi connectivity index (χ1n) is 10.3. The SMILES string of the molecule is C[C@@H](NC(=O)c1cc2nc[nH]c2cn1)c1cnc(CCCc2ccc(C(C)(F)F)cc2)s1. The Morgan fingerprint density at radius 2 is 1.94 bits per heavy atom. The van der Waals surface area contributed by atoms with Crippen LogP contribution in [0.5, 0.6) is 0 Å². The van der Waals surface area contributed by atoms with Gasteiger partial charge in [0.15, 0.2) is 0 Å². The average molecular weight is 456 g/mol. The van der Waals surface area contributed by atoms with E-state index in [-0.39, 0.29) is 17.5 Å². The van der Waals surface area contributed by atoms with E-state index >= 15 is 0 Å². The Bertz CT molecular complexity index is 1210. The van der Waals surface area contributed by atoms with Gasteiger partial charge >= 0.3 is 0 Å². The van der Waals surface area contributed by atoms with Crippen LogP contribution < -0.4 is 5.32 Å². The minimum absolute atomic E-state index is 0.0290. The summed E-state index contributed by atoms with van der Waals surface area (Å²) in [6.45, 7) is 2.81. The van der Waals surface area contributed by atoms with Crippen LogP contribution in [0.1, 0.15) is 57.8 Å². The number of H-pyrrole nitrogens is 1. The van der Waals surface area contributed by atoms with E-state index < -0.39 is 5.92 Å². The third-order valence-electron chi connectivity index (χ3n) is 5.20. The van der Waals surface area contributed by atoms with Crippen molar-refractivity contribution >= 4 is 28.3 Å². The molecule has 3 aromatic heterocycles. The third-order valence-corrected chi connectivity index (χ3v) is 6.44. The summed E-state index contributed by atoms with van der Waals surface area (Å²) in [4.78, 5) is 29.3. The van der Waals surface area contributed by atoms with Crippen LogP contribution >= 0.6 is 11.3 Å². The monoisotopic (exact) mass is 455 g/mol. The second-order valence-electron chi connectivity index (χ2n) is 7.78. The van der Waals surface area contributed by atoms with Crippen LogP contribution in [0.4, 0.5) is 8.78 Å². The molecule has 4 rings (SSSR count). The summed E-state index contributed by atoms with van der Waals surface area (Å²) < 4.78 is 26.6. The minimum atomic E-state index is -2.82. The van der Waals surface area contributed by atoms with Gasteiger partial charge in [-0.15, -0.1) is 11.3 Å². The van der Waals surface area contributed by atoms with Gasteiger partial charge in [0.1, 0.15) is 5.69 Å². The number of hydrogen-bond acceptors (Lipinski definition) is 5. The topological polar surface area (TPSA) is 83.6 Å². The molecular formula is C23H23F2N5OS. The second kappa shape index (κ2) is 9.12. The Morgan fingerprint density at radius 3 is 2.69 bits per heavy atom. The van der Waals surface area contributed by atoms with Crippen molar-refractivity contribution in [3.8, 4) is 0 Å². The number of rotatable bonds is 8. The molecule has 0 saturated carbocycles. The number of nitrogens with one attached hydrogen (secondary N) is 2. The summed E-state index contributed by atoms with van der Waals surface area (Å²) in [5.41, 5.74) is 2.84. The molecule has 1 atom stereocenters. The molecule has 0 aliphatic heterocycles. The van der Waals surface area contributed by atoms with Gasteiger partial charge in [-0.05, 0) is 37.8 Å². The fraction of sp³-hybridized carbons (Fsp3) is 0.304. The molecule has 0 bridgehead atoms. The van der Waals surface area contributed by atoms with Crippen LogP contribution in [0.15, 0.2) is 49.1 Å². The Balaban J connectivity index is 1.29. The maximum atomic E-state index is 13.3. The van der Waals surface area contributed by atoms with E-state index in [2.05, 4.69) is 25.3 Å². The highest BCUT2D eigenvalue weighted by molar-refractivity contribution is 7.11. The Labute approximate surface area is 188 Å². The van der Waals surface area contributed by atoms with Gasteiger partial charge in [-0.2, -0.15) is 0 Å². The number of aryl methyl sites for hydroxylation is 2. The number of pyridine rings is 1. The van der Waals surface area contributed by atoms with Gasteiger partial charge < -0.3 is 10.3 Å². The van der Waals surface area contributed by atoms with Crippen molar-refractivity contribution in [3.63, 3.8) is 0 Å². The number of amides is 1.